The Labute approximate surface area is 131 Å². The van der Waals surface area contributed by atoms with Crippen molar-refractivity contribution < 1.29 is 14.3 Å². The zero-order chi connectivity index (χ0) is 16.5. The van der Waals surface area contributed by atoms with E-state index < -0.39 is 6.04 Å². The van der Waals surface area contributed by atoms with Crippen LogP contribution in [0.2, 0.25) is 0 Å². The molecule has 0 unspecified atom stereocenters. The predicted molar refractivity (Wildman–Crippen MR) is 86.7 cm³/mol. The van der Waals surface area contributed by atoms with E-state index in [0.29, 0.717) is 18.0 Å². The molecule has 4 N–H and O–H groups in total. The molecule has 6 heteroatoms. The van der Waals surface area contributed by atoms with Crippen molar-refractivity contribution in [1.29, 1.82) is 0 Å². The third-order valence-corrected chi connectivity index (χ3v) is 3.07. The van der Waals surface area contributed by atoms with Crippen molar-refractivity contribution in [2.45, 2.75) is 33.2 Å². The molecule has 0 saturated carbocycles. The van der Waals surface area contributed by atoms with Gasteiger partial charge in [0.1, 0.15) is 5.75 Å². The van der Waals surface area contributed by atoms with Crippen LogP contribution in [-0.4, -0.2) is 31.0 Å². The maximum absolute atomic E-state index is 11.9. The molecule has 0 radical (unpaired) electrons. The van der Waals surface area contributed by atoms with Gasteiger partial charge in [0.05, 0.1) is 24.9 Å². The smallest absolute Gasteiger partial charge is 0.243 e. The lowest BCUT2D eigenvalue weighted by Crippen LogP contribution is -2.46. The standard InChI is InChI=1S/C16H25N3O3/c1-4-9-22-13-8-6-5-7-12(13)19-14(20)10-18-16(21)15(17)11(2)3/h5-8,11,15H,4,9-10,17H2,1-3H3,(H,18,21)(H,19,20)/t15-/m0/s1. The summed E-state index contributed by atoms with van der Waals surface area (Å²) in [6.07, 6.45) is 0.880. The van der Waals surface area contributed by atoms with Crippen LogP contribution < -0.4 is 21.1 Å². The molecule has 2 amide bonds. The fourth-order valence-corrected chi connectivity index (χ4v) is 1.69. The van der Waals surface area contributed by atoms with Crippen LogP contribution in [0.5, 0.6) is 5.75 Å². The van der Waals surface area contributed by atoms with Crippen molar-refractivity contribution in [2.24, 2.45) is 11.7 Å². The Morgan fingerprint density at radius 2 is 1.95 bits per heavy atom. The highest BCUT2D eigenvalue weighted by atomic mass is 16.5. The van der Waals surface area contributed by atoms with Gasteiger partial charge in [0.15, 0.2) is 0 Å². The van der Waals surface area contributed by atoms with Crippen molar-refractivity contribution in [1.82, 2.24) is 5.32 Å². The SMILES string of the molecule is CCCOc1ccccc1NC(=O)CNC(=O)[C@@H](N)C(C)C. The van der Waals surface area contributed by atoms with Crippen molar-refractivity contribution in [2.75, 3.05) is 18.5 Å². The van der Waals surface area contributed by atoms with Crippen LogP contribution in [0, 0.1) is 5.92 Å². The summed E-state index contributed by atoms with van der Waals surface area (Å²) in [5.74, 6) is -0.0216. The molecule has 0 aliphatic heterocycles. The topological polar surface area (TPSA) is 93.5 Å². The minimum absolute atomic E-state index is 0.0197. The second-order valence-electron chi connectivity index (χ2n) is 5.38. The average molecular weight is 307 g/mol. The van der Waals surface area contributed by atoms with Crippen molar-refractivity contribution >= 4 is 17.5 Å². The molecular formula is C16H25N3O3. The molecular weight excluding hydrogens is 282 g/mol. The zero-order valence-corrected chi connectivity index (χ0v) is 13.4. The van der Waals surface area contributed by atoms with Gasteiger partial charge in [-0.05, 0) is 24.5 Å². The zero-order valence-electron chi connectivity index (χ0n) is 13.4. The van der Waals surface area contributed by atoms with Crippen LogP contribution >= 0.6 is 0 Å². The number of hydrogen-bond acceptors (Lipinski definition) is 4. The third-order valence-electron chi connectivity index (χ3n) is 3.07. The molecule has 6 nitrogen and oxygen atoms in total. The van der Waals surface area contributed by atoms with Gasteiger partial charge in [-0.15, -0.1) is 0 Å². The molecule has 0 aromatic heterocycles. The van der Waals surface area contributed by atoms with Crippen LogP contribution in [0.4, 0.5) is 5.69 Å². The maximum Gasteiger partial charge on any atom is 0.243 e. The number of amides is 2. The molecule has 1 rings (SSSR count). The Bertz CT molecular complexity index is 503. The lowest BCUT2D eigenvalue weighted by molar-refractivity contribution is -0.125. The normalized spacial score (nSPS) is 11.9. The molecule has 22 heavy (non-hydrogen) atoms. The summed E-state index contributed by atoms with van der Waals surface area (Å²) in [4.78, 5) is 23.6. The van der Waals surface area contributed by atoms with Crippen LogP contribution in [0.25, 0.3) is 0 Å². The molecule has 0 spiro atoms. The van der Waals surface area contributed by atoms with Gasteiger partial charge in [-0.3, -0.25) is 9.59 Å². The molecule has 0 heterocycles. The highest BCUT2D eigenvalue weighted by Crippen LogP contribution is 2.23. The number of hydrogen-bond donors (Lipinski definition) is 3. The van der Waals surface area contributed by atoms with Crippen LogP contribution in [-0.2, 0) is 9.59 Å². The first kappa shape index (κ1) is 18.0. The van der Waals surface area contributed by atoms with Crippen molar-refractivity contribution in [3.8, 4) is 5.75 Å². The quantitative estimate of drug-likeness (QED) is 0.678. The van der Waals surface area contributed by atoms with Gasteiger partial charge in [0.25, 0.3) is 0 Å². The lowest BCUT2D eigenvalue weighted by atomic mass is 10.1. The van der Waals surface area contributed by atoms with E-state index in [2.05, 4.69) is 10.6 Å². The largest absolute Gasteiger partial charge is 0.491 e. The van der Waals surface area contributed by atoms with Crippen LogP contribution in [0.3, 0.4) is 0 Å². The number of nitrogens with two attached hydrogens (primary N) is 1. The molecule has 0 aliphatic rings. The highest BCUT2D eigenvalue weighted by molar-refractivity contribution is 5.96. The van der Waals surface area contributed by atoms with Crippen LogP contribution in [0.15, 0.2) is 24.3 Å². The van der Waals surface area contributed by atoms with E-state index in [1.165, 1.54) is 0 Å². The number of carbonyl (C=O) groups is 2. The Morgan fingerprint density at radius 1 is 1.27 bits per heavy atom. The summed E-state index contributed by atoms with van der Waals surface area (Å²) in [5, 5.41) is 5.25. The van der Waals surface area contributed by atoms with E-state index in [-0.39, 0.29) is 24.3 Å². The molecule has 0 bridgehead atoms. The third kappa shape index (κ3) is 5.73. The fraction of sp³-hybridized carbons (Fsp3) is 0.500. The van der Waals surface area contributed by atoms with Gasteiger partial charge in [0, 0.05) is 0 Å². The summed E-state index contributed by atoms with van der Waals surface area (Å²) in [6, 6.07) is 6.57. The first-order valence-corrected chi connectivity index (χ1v) is 7.50. The van der Waals surface area contributed by atoms with Crippen molar-refractivity contribution in [3.63, 3.8) is 0 Å². The van der Waals surface area contributed by atoms with E-state index in [1.54, 1.807) is 12.1 Å². The molecule has 0 fully saturated rings. The second-order valence-corrected chi connectivity index (χ2v) is 5.38. The van der Waals surface area contributed by atoms with Gasteiger partial charge in [-0.1, -0.05) is 32.9 Å². The van der Waals surface area contributed by atoms with E-state index in [9.17, 15) is 9.59 Å². The number of carbonyl (C=O) groups excluding carboxylic acids is 2. The molecule has 1 aromatic carbocycles. The molecule has 0 aliphatic carbocycles. The number of para-hydroxylation sites is 2. The second kappa shape index (κ2) is 9.04. The number of nitrogens with one attached hydrogen (secondary N) is 2. The van der Waals surface area contributed by atoms with E-state index in [4.69, 9.17) is 10.5 Å². The van der Waals surface area contributed by atoms with E-state index in [1.807, 2.05) is 32.9 Å². The van der Waals surface area contributed by atoms with E-state index >= 15 is 0 Å². The van der Waals surface area contributed by atoms with Gasteiger partial charge >= 0.3 is 0 Å². The molecule has 122 valence electrons. The van der Waals surface area contributed by atoms with Gasteiger partial charge < -0.3 is 21.1 Å². The summed E-state index contributed by atoms with van der Waals surface area (Å²) in [6.45, 7) is 6.17. The average Bonchev–Trinajstić information content (AvgIpc) is 2.50. The Morgan fingerprint density at radius 3 is 2.59 bits per heavy atom. The molecule has 1 aromatic rings. The summed E-state index contributed by atoms with van der Waals surface area (Å²) >= 11 is 0. The number of ether oxygens (including phenoxy) is 1. The Kier molecular flexibility index (Phi) is 7.39. The maximum atomic E-state index is 11.9. The summed E-state index contributed by atoms with van der Waals surface area (Å²) < 4.78 is 5.56. The lowest BCUT2D eigenvalue weighted by Gasteiger charge is -2.16. The fourth-order valence-electron chi connectivity index (χ4n) is 1.69. The summed E-state index contributed by atoms with van der Waals surface area (Å²) in [5.41, 5.74) is 6.30. The first-order valence-electron chi connectivity index (χ1n) is 7.50. The Hall–Kier alpha value is -2.08. The number of rotatable bonds is 8. The summed E-state index contributed by atoms with van der Waals surface area (Å²) in [7, 11) is 0. The van der Waals surface area contributed by atoms with Gasteiger partial charge in [-0.2, -0.15) is 0 Å². The van der Waals surface area contributed by atoms with E-state index in [0.717, 1.165) is 6.42 Å². The van der Waals surface area contributed by atoms with Gasteiger partial charge in [0.2, 0.25) is 11.8 Å². The Balaban J connectivity index is 2.53. The molecule has 1 atom stereocenters. The monoisotopic (exact) mass is 307 g/mol. The minimum Gasteiger partial charge on any atom is -0.491 e. The molecule has 0 saturated heterocycles. The minimum atomic E-state index is -0.618. The van der Waals surface area contributed by atoms with Gasteiger partial charge in [-0.25, -0.2) is 0 Å². The van der Waals surface area contributed by atoms with Crippen molar-refractivity contribution in [3.05, 3.63) is 24.3 Å². The number of benzene rings is 1. The first-order chi connectivity index (χ1) is 10.5. The predicted octanol–water partition coefficient (Wildman–Crippen LogP) is 1.51. The number of anilines is 1. The highest BCUT2D eigenvalue weighted by Gasteiger charge is 2.17. The van der Waals surface area contributed by atoms with Crippen LogP contribution in [0.1, 0.15) is 27.2 Å².